The van der Waals surface area contributed by atoms with Gasteiger partial charge in [-0.3, -0.25) is 0 Å². The molecule has 0 amide bonds. The van der Waals surface area contributed by atoms with Crippen LogP contribution in [0.15, 0.2) is 84.5 Å². The fourth-order valence-corrected chi connectivity index (χ4v) is 5.18. The van der Waals surface area contributed by atoms with Crippen LogP contribution in [0.3, 0.4) is 0 Å². The van der Waals surface area contributed by atoms with Crippen LogP contribution in [-0.2, 0) is 5.41 Å². The van der Waals surface area contributed by atoms with Crippen molar-refractivity contribution in [2.75, 3.05) is 0 Å². The molecular formula is C28H27N. The quantitative estimate of drug-likeness (QED) is 0.343. The van der Waals surface area contributed by atoms with Gasteiger partial charge in [-0.1, -0.05) is 75.4 Å². The molecule has 144 valence electrons. The van der Waals surface area contributed by atoms with E-state index < -0.39 is 0 Å². The van der Waals surface area contributed by atoms with Crippen LogP contribution in [0.1, 0.15) is 45.2 Å². The lowest BCUT2D eigenvalue weighted by Crippen LogP contribution is -2.16. The predicted octanol–water partition coefficient (Wildman–Crippen LogP) is 7.81. The van der Waals surface area contributed by atoms with Gasteiger partial charge in [-0.05, 0) is 59.9 Å². The van der Waals surface area contributed by atoms with E-state index in [0.29, 0.717) is 0 Å². The van der Waals surface area contributed by atoms with Crippen LogP contribution in [0.5, 0.6) is 0 Å². The summed E-state index contributed by atoms with van der Waals surface area (Å²) in [6, 6.07) is 24.5. The minimum atomic E-state index is 0.0158. The summed E-state index contributed by atoms with van der Waals surface area (Å²) in [6.07, 6.45) is 5.54. The lowest BCUT2D eigenvalue weighted by Gasteiger charge is -2.24. The van der Waals surface area contributed by atoms with Gasteiger partial charge in [0.2, 0.25) is 0 Å². The Kier molecular flexibility index (Phi) is 4.03. The highest BCUT2D eigenvalue weighted by Gasteiger charge is 2.36. The molecule has 29 heavy (non-hydrogen) atoms. The molecule has 3 aromatic carbocycles. The van der Waals surface area contributed by atoms with Gasteiger partial charge in [0, 0.05) is 21.9 Å². The topological polar surface area (TPSA) is 4.93 Å². The molecule has 1 aliphatic carbocycles. The molecule has 0 fully saturated rings. The Bertz CT molecular complexity index is 1260. The van der Waals surface area contributed by atoms with E-state index in [-0.39, 0.29) is 5.41 Å². The van der Waals surface area contributed by atoms with Crippen molar-refractivity contribution in [3.63, 3.8) is 0 Å². The van der Waals surface area contributed by atoms with E-state index in [1.165, 1.54) is 49.8 Å². The Balaban J connectivity index is 1.80. The van der Waals surface area contributed by atoms with E-state index in [0.717, 1.165) is 6.42 Å². The lowest BCUT2D eigenvalue weighted by atomic mass is 9.81. The van der Waals surface area contributed by atoms with Crippen LogP contribution in [0.2, 0.25) is 0 Å². The van der Waals surface area contributed by atoms with Crippen molar-refractivity contribution < 1.29 is 0 Å². The van der Waals surface area contributed by atoms with Gasteiger partial charge in [-0.15, -0.1) is 0 Å². The minimum absolute atomic E-state index is 0.0158. The third-order valence-electron chi connectivity index (χ3n) is 6.53. The molecule has 1 heteroatoms. The van der Waals surface area contributed by atoms with Crippen LogP contribution < -0.4 is 0 Å². The van der Waals surface area contributed by atoms with Crippen molar-refractivity contribution in [3.8, 4) is 5.69 Å². The summed E-state index contributed by atoms with van der Waals surface area (Å²) < 4.78 is 2.42. The van der Waals surface area contributed by atoms with Crippen LogP contribution in [0.4, 0.5) is 0 Å². The van der Waals surface area contributed by atoms with E-state index >= 15 is 0 Å². The fraction of sp³-hybridized carbons (Fsp3) is 0.214. The molecule has 0 N–H and O–H groups in total. The Hall–Kier alpha value is -3.06. The minimum Gasteiger partial charge on any atom is -0.309 e. The average Bonchev–Trinajstić information content (AvgIpc) is 3.18. The average molecular weight is 378 g/mol. The number of hydrogen-bond acceptors (Lipinski definition) is 0. The number of hydrogen-bond donors (Lipinski definition) is 0. The lowest BCUT2D eigenvalue weighted by molar-refractivity contribution is 0.653. The summed E-state index contributed by atoms with van der Waals surface area (Å²) >= 11 is 0. The molecular weight excluding hydrogens is 350 g/mol. The highest BCUT2D eigenvalue weighted by Crippen LogP contribution is 2.48. The fourth-order valence-electron chi connectivity index (χ4n) is 5.18. The molecule has 1 nitrogen and oxygen atoms in total. The Morgan fingerprint density at radius 1 is 0.862 bits per heavy atom. The highest BCUT2D eigenvalue weighted by atomic mass is 15.0. The van der Waals surface area contributed by atoms with Crippen LogP contribution in [0, 0.1) is 0 Å². The zero-order valence-electron chi connectivity index (χ0n) is 17.7. The van der Waals surface area contributed by atoms with E-state index in [2.05, 4.69) is 111 Å². The maximum absolute atomic E-state index is 2.42. The molecule has 0 atom stereocenters. The van der Waals surface area contributed by atoms with Crippen LogP contribution in [0.25, 0.3) is 33.1 Å². The summed E-state index contributed by atoms with van der Waals surface area (Å²) in [5, 5.41) is 2.62. The largest absolute Gasteiger partial charge is 0.309 e. The van der Waals surface area contributed by atoms with Crippen LogP contribution >= 0.6 is 0 Å². The molecule has 0 saturated heterocycles. The maximum Gasteiger partial charge on any atom is 0.0541 e. The van der Waals surface area contributed by atoms with Gasteiger partial charge in [-0.2, -0.15) is 0 Å². The second-order valence-electron chi connectivity index (χ2n) is 8.47. The monoisotopic (exact) mass is 377 g/mol. The van der Waals surface area contributed by atoms with Crippen molar-refractivity contribution >= 4 is 27.4 Å². The maximum atomic E-state index is 2.42. The van der Waals surface area contributed by atoms with Crippen LogP contribution in [-0.4, -0.2) is 4.57 Å². The van der Waals surface area contributed by atoms with Gasteiger partial charge < -0.3 is 4.57 Å². The van der Waals surface area contributed by atoms with Crippen molar-refractivity contribution in [2.45, 2.75) is 39.5 Å². The molecule has 0 radical (unpaired) electrons. The van der Waals surface area contributed by atoms with Gasteiger partial charge in [0.25, 0.3) is 0 Å². The van der Waals surface area contributed by atoms with Crippen molar-refractivity contribution in [1.82, 2.24) is 4.57 Å². The number of fused-ring (bicyclic) bond motifs is 4. The summed E-state index contributed by atoms with van der Waals surface area (Å²) in [5.41, 5.74) is 9.57. The summed E-state index contributed by atoms with van der Waals surface area (Å²) in [7, 11) is 0. The SMILES string of the molecule is C/C=C\C1=C(CC)c2ccc(-n3c4ccccc4c4ccccc43)cc2C1(C)C. The third kappa shape index (κ3) is 2.47. The first kappa shape index (κ1) is 18.0. The first-order valence-corrected chi connectivity index (χ1v) is 10.6. The van der Waals surface area contributed by atoms with Gasteiger partial charge in [0.15, 0.2) is 0 Å². The molecule has 0 saturated carbocycles. The first-order chi connectivity index (χ1) is 14.1. The van der Waals surface area contributed by atoms with Crippen molar-refractivity contribution in [3.05, 3.63) is 95.6 Å². The number of benzene rings is 3. The van der Waals surface area contributed by atoms with Crippen molar-refractivity contribution in [2.24, 2.45) is 0 Å². The molecule has 1 aromatic heterocycles. The molecule has 0 aliphatic heterocycles. The Morgan fingerprint density at radius 2 is 1.48 bits per heavy atom. The highest BCUT2D eigenvalue weighted by molar-refractivity contribution is 6.09. The molecule has 0 unspecified atom stereocenters. The molecule has 1 aliphatic rings. The van der Waals surface area contributed by atoms with E-state index in [4.69, 9.17) is 0 Å². The number of rotatable bonds is 3. The predicted molar refractivity (Wildman–Crippen MR) is 126 cm³/mol. The molecule has 0 bridgehead atoms. The Morgan fingerprint density at radius 3 is 2.07 bits per heavy atom. The van der Waals surface area contributed by atoms with Gasteiger partial charge in [-0.25, -0.2) is 0 Å². The van der Waals surface area contributed by atoms with E-state index in [9.17, 15) is 0 Å². The summed E-state index contributed by atoms with van der Waals surface area (Å²) in [4.78, 5) is 0. The van der Waals surface area contributed by atoms with Gasteiger partial charge in [0.05, 0.1) is 11.0 Å². The summed E-state index contributed by atoms with van der Waals surface area (Å²) in [5.74, 6) is 0. The number of aromatic nitrogens is 1. The van der Waals surface area contributed by atoms with Gasteiger partial charge >= 0.3 is 0 Å². The van der Waals surface area contributed by atoms with E-state index in [1.54, 1.807) is 0 Å². The second kappa shape index (κ2) is 6.49. The Labute approximate surface area is 173 Å². The molecule has 0 spiro atoms. The smallest absolute Gasteiger partial charge is 0.0541 e. The third-order valence-corrected chi connectivity index (χ3v) is 6.53. The number of allylic oxidation sites excluding steroid dienone is 4. The van der Waals surface area contributed by atoms with Crippen molar-refractivity contribution in [1.29, 1.82) is 0 Å². The first-order valence-electron chi connectivity index (χ1n) is 10.6. The summed E-state index contributed by atoms with van der Waals surface area (Å²) in [6.45, 7) is 9.10. The van der Waals surface area contributed by atoms with Gasteiger partial charge in [0.1, 0.15) is 0 Å². The second-order valence-corrected chi connectivity index (χ2v) is 8.47. The normalized spacial score (nSPS) is 15.7. The molecule has 5 rings (SSSR count). The number of nitrogens with zero attached hydrogens (tertiary/aromatic N) is 1. The standard InChI is InChI=1S/C28H27N/c1-5-11-24-20(6-2)21-17-16-19(18-25(21)28(24,3)4)29-26-14-9-7-12-22(26)23-13-8-10-15-27(23)29/h5,7-18H,6H2,1-4H3/b11-5-. The zero-order chi connectivity index (χ0) is 20.2. The molecule has 4 aromatic rings. The number of para-hydroxylation sites is 2. The zero-order valence-corrected chi connectivity index (χ0v) is 17.7. The van der Waals surface area contributed by atoms with E-state index in [1.807, 2.05) is 0 Å². The molecule has 1 heterocycles.